The van der Waals surface area contributed by atoms with Gasteiger partial charge in [0.15, 0.2) is 0 Å². The van der Waals surface area contributed by atoms with E-state index in [1.807, 2.05) is 25.7 Å². The third kappa shape index (κ3) is 3.16. The van der Waals surface area contributed by atoms with Crippen molar-refractivity contribution in [3.8, 4) is 0 Å². The van der Waals surface area contributed by atoms with Crippen molar-refractivity contribution in [3.63, 3.8) is 0 Å². The van der Waals surface area contributed by atoms with E-state index in [1.165, 1.54) is 12.8 Å². The summed E-state index contributed by atoms with van der Waals surface area (Å²) in [7, 11) is 0. The molecule has 1 amide bonds. The highest BCUT2D eigenvalue weighted by Crippen LogP contribution is 2.41. The molecule has 0 aromatic carbocycles. The largest absolute Gasteiger partial charge is 0.444 e. The first-order valence-corrected chi connectivity index (χ1v) is 8.90. The average Bonchev–Trinajstić information content (AvgIpc) is 2.32. The zero-order valence-corrected chi connectivity index (χ0v) is 14.1. The quantitative estimate of drug-likeness (QED) is 0.776. The molecule has 0 N–H and O–H groups in total. The first-order valence-electron chi connectivity index (χ1n) is 8.90. The fraction of sp³-hybridized carbons (Fsp3) is 0.889. The summed E-state index contributed by atoms with van der Waals surface area (Å²) in [6, 6.07) is 0.410. The van der Waals surface area contributed by atoms with E-state index in [4.69, 9.17) is 4.74 Å². The van der Waals surface area contributed by atoms with Gasteiger partial charge in [0.2, 0.25) is 0 Å². The molecular formula is C18H29NO3. The fourth-order valence-electron chi connectivity index (χ4n) is 4.25. The minimum absolute atomic E-state index is 0.180. The van der Waals surface area contributed by atoms with Crippen molar-refractivity contribution in [1.29, 1.82) is 0 Å². The Balaban J connectivity index is 1.68. The Bertz CT molecular complexity index is 436. The normalized spacial score (nSPS) is 32.3. The van der Waals surface area contributed by atoms with Gasteiger partial charge >= 0.3 is 6.09 Å². The zero-order chi connectivity index (χ0) is 15.9. The smallest absolute Gasteiger partial charge is 0.410 e. The van der Waals surface area contributed by atoms with Crippen LogP contribution in [-0.2, 0) is 9.53 Å². The van der Waals surface area contributed by atoms with Crippen molar-refractivity contribution in [2.45, 2.75) is 89.8 Å². The van der Waals surface area contributed by atoms with Crippen molar-refractivity contribution in [2.75, 3.05) is 0 Å². The van der Waals surface area contributed by atoms with E-state index in [-0.39, 0.29) is 24.1 Å². The minimum Gasteiger partial charge on any atom is -0.444 e. The molecule has 2 aliphatic heterocycles. The lowest BCUT2D eigenvalue weighted by Gasteiger charge is -2.49. The number of fused-ring (bicyclic) bond motifs is 2. The summed E-state index contributed by atoms with van der Waals surface area (Å²) >= 11 is 0. The van der Waals surface area contributed by atoms with Gasteiger partial charge < -0.3 is 9.64 Å². The van der Waals surface area contributed by atoms with E-state index in [1.54, 1.807) is 0 Å². The second-order valence-corrected chi connectivity index (χ2v) is 8.32. The highest BCUT2D eigenvalue weighted by molar-refractivity contribution is 5.84. The van der Waals surface area contributed by atoms with Gasteiger partial charge in [-0.1, -0.05) is 6.42 Å². The Morgan fingerprint density at radius 3 is 1.91 bits per heavy atom. The zero-order valence-electron chi connectivity index (χ0n) is 14.1. The number of hydrogen-bond donors (Lipinski definition) is 0. The van der Waals surface area contributed by atoms with E-state index < -0.39 is 5.60 Å². The molecule has 1 saturated carbocycles. The van der Waals surface area contributed by atoms with E-state index in [0.29, 0.717) is 11.7 Å². The van der Waals surface area contributed by atoms with Crippen LogP contribution in [0.25, 0.3) is 0 Å². The predicted octanol–water partition coefficient (Wildman–Crippen LogP) is 3.92. The number of ketones is 1. The SMILES string of the molecule is CC(C)(C)OC(=O)N1C2CCCC1CC(C(=O)C1CCC1)C2. The molecule has 0 spiro atoms. The van der Waals surface area contributed by atoms with Gasteiger partial charge in [0.05, 0.1) is 0 Å². The summed E-state index contributed by atoms with van der Waals surface area (Å²) in [6.45, 7) is 5.73. The Labute approximate surface area is 133 Å². The van der Waals surface area contributed by atoms with Crippen molar-refractivity contribution in [1.82, 2.24) is 4.90 Å². The van der Waals surface area contributed by atoms with E-state index in [2.05, 4.69) is 0 Å². The highest BCUT2D eigenvalue weighted by atomic mass is 16.6. The van der Waals surface area contributed by atoms with Crippen LogP contribution in [0.15, 0.2) is 0 Å². The average molecular weight is 307 g/mol. The molecule has 2 atom stereocenters. The van der Waals surface area contributed by atoms with E-state index in [9.17, 15) is 9.59 Å². The second kappa shape index (κ2) is 5.86. The van der Waals surface area contributed by atoms with Crippen LogP contribution in [-0.4, -0.2) is 34.5 Å². The molecule has 3 aliphatic rings. The van der Waals surface area contributed by atoms with Crippen molar-refractivity contribution < 1.29 is 14.3 Å². The van der Waals surface area contributed by atoms with Crippen molar-refractivity contribution in [2.24, 2.45) is 11.8 Å². The van der Waals surface area contributed by atoms with E-state index >= 15 is 0 Å². The Kier molecular flexibility index (Phi) is 4.21. The number of ether oxygens (including phenoxy) is 1. The predicted molar refractivity (Wildman–Crippen MR) is 84.6 cm³/mol. The monoisotopic (exact) mass is 307 g/mol. The first kappa shape index (κ1) is 15.8. The summed E-state index contributed by atoms with van der Waals surface area (Å²) < 4.78 is 5.59. The van der Waals surface area contributed by atoms with Gasteiger partial charge in [0.25, 0.3) is 0 Å². The third-order valence-corrected chi connectivity index (χ3v) is 5.49. The number of nitrogens with zero attached hydrogens (tertiary/aromatic N) is 1. The summed E-state index contributed by atoms with van der Waals surface area (Å²) in [6.07, 6.45) is 8.10. The number of piperidine rings is 2. The molecule has 4 nitrogen and oxygen atoms in total. The van der Waals surface area contributed by atoms with Crippen molar-refractivity contribution >= 4 is 11.9 Å². The molecule has 0 radical (unpaired) electrons. The number of hydrogen-bond acceptors (Lipinski definition) is 3. The topological polar surface area (TPSA) is 46.6 Å². The van der Waals surface area contributed by atoms with Crippen LogP contribution >= 0.6 is 0 Å². The molecule has 2 saturated heterocycles. The fourth-order valence-corrected chi connectivity index (χ4v) is 4.25. The Morgan fingerprint density at radius 1 is 0.909 bits per heavy atom. The van der Waals surface area contributed by atoms with Gasteiger partial charge in [-0.25, -0.2) is 4.79 Å². The van der Waals surface area contributed by atoms with Gasteiger partial charge in [-0.05, 0) is 65.7 Å². The highest BCUT2D eigenvalue weighted by Gasteiger charge is 2.45. The lowest BCUT2D eigenvalue weighted by atomic mass is 9.70. The maximum absolute atomic E-state index is 12.6. The van der Waals surface area contributed by atoms with Gasteiger partial charge in [-0.15, -0.1) is 0 Å². The van der Waals surface area contributed by atoms with Crippen LogP contribution in [0, 0.1) is 11.8 Å². The first-order chi connectivity index (χ1) is 10.3. The number of amides is 1. The maximum Gasteiger partial charge on any atom is 0.410 e. The molecule has 2 unspecified atom stereocenters. The summed E-state index contributed by atoms with van der Waals surface area (Å²) in [5.74, 6) is 0.977. The van der Waals surface area contributed by atoms with E-state index in [0.717, 1.165) is 38.5 Å². The van der Waals surface area contributed by atoms with Crippen LogP contribution in [0.4, 0.5) is 4.79 Å². The molecule has 3 rings (SSSR count). The maximum atomic E-state index is 12.6. The van der Waals surface area contributed by atoms with Crippen LogP contribution < -0.4 is 0 Å². The van der Waals surface area contributed by atoms with Crippen LogP contribution in [0.2, 0.25) is 0 Å². The van der Waals surface area contributed by atoms with Gasteiger partial charge in [-0.2, -0.15) is 0 Å². The summed E-state index contributed by atoms with van der Waals surface area (Å²) in [5.41, 5.74) is -0.454. The van der Waals surface area contributed by atoms with Gasteiger partial charge in [-0.3, -0.25) is 4.79 Å². The molecule has 1 aliphatic carbocycles. The molecule has 124 valence electrons. The molecule has 4 heteroatoms. The second-order valence-electron chi connectivity index (χ2n) is 8.32. The molecule has 0 aromatic heterocycles. The molecular weight excluding hydrogens is 278 g/mol. The Hall–Kier alpha value is -1.06. The number of carbonyl (C=O) groups is 2. The molecule has 3 fully saturated rings. The summed E-state index contributed by atoms with van der Waals surface area (Å²) in [5, 5.41) is 0. The van der Waals surface area contributed by atoms with Crippen LogP contribution in [0.5, 0.6) is 0 Å². The lowest BCUT2D eigenvalue weighted by molar-refractivity contribution is -0.133. The minimum atomic E-state index is -0.454. The Morgan fingerprint density at radius 2 is 1.45 bits per heavy atom. The summed E-state index contributed by atoms with van der Waals surface area (Å²) in [4.78, 5) is 27.1. The molecule has 2 bridgehead atoms. The van der Waals surface area contributed by atoms with Gasteiger partial charge in [0.1, 0.15) is 11.4 Å². The lowest BCUT2D eigenvalue weighted by Crippen LogP contribution is -2.57. The molecule has 0 aromatic rings. The third-order valence-electron chi connectivity index (χ3n) is 5.49. The van der Waals surface area contributed by atoms with Gasteiger partial charge in [0, 0.05) is 23.9 Å². The van der Waals surface area contributed by atoms with Crippen LogP contribution in [0.3, 0.4) is 0 Å². The van der Waals surface area contributed by atoms with Crippen LogP contribution in [0.1, 0.15) is 72.1 Å². The number of Topliss-reactive ketones (excluding diaryl/α,β-unsaturated/α-hetero) is 1. The molecule has 22 heavy (non-hydrogen) atoms. The molecule has 2 heterocycles. The number of rotatable bonds is 2. The number of carbonyl (C=O) groups excluding carboxylic acids is 2. The standard InChI is InChI=1S/C18H29NO3/c1-18(2,3)22-17(21)19-14-8-5-9-15(19)11-13(10-14)16(20)12-6-4-7-12/h12-15H,4-11H2,1-3H3. The van der Waals surface area contributed by atoms with Crippen molar-refractivity contribution in [3.05, 3.63) is 0 Å².